The number of halogens is 1. The fraction of sp³-hybridized carbons (Fsp3) is 0.0667. The van der Waals surface area contributed by atoms with Crippen molar-refractivity contribution in [3.63, 3.8) is 0 Å². The zero-order valence-corrected chi connectivity index (χ0v) is 13.0. The molecule has 100 valence electrons. The molecule has 0 amide bonds. The molecule has 0 atom stereocenters. The van der Waals surface area contributed by atoms with Crippen molar-refractivity contribution in [3.05, 3.63) is 61.9 Å². The van der Waals surface area contributed by atoms with Gasteiger partial charge in [-0.05, 0) is 58.1 Å². The second-order valence-corrected chi connectivity index (χ2v) is 6.09. The van der Waals surface area contributed by atoms with Gasteiger partial charge in [0.05, 0.1) is 5.56 Å². The van der Waals surface area contributed by atoms with E-state index in [0.717, 1.165) is 20.5 Å². The molecule has 0 radical (unpaired) electrons. The van der Waals surface area contributed by atoms with E-state index in [-0.39, 0.29) is 0 Å². The SMILES string of the molecule is Cc1ccsc1C=C1N=C(c2ccccc2Br)OC1=O. The van der Waals surface area contributed by atoms with Crippen LogP contribution < -0.4 is 0 Å². The van der Waals surface area contributed by atoms with Crippen molar-refractivity contribution in [1.29, 1.82) is 0 Å². The summed E-state index contributed by atoms with van der Waals surface area (Å²) in [5.41, 5.74) is 2.23. The standard InChI is InChI=1S/C15H10BrNO2S/c1-9-6-7-20-13(9)8-12-15(18)19-14(17-12)10-4-2-3-5-11(10)16/h2-8H,1H3. The van der Waals surface area contributed by atoms with Crippen molar-refractivity contribution < 1.29 is 9.53 Å². The number of hydrogen-bond donors (Lipinski definition) is 0. The normalized spacial score (nSPS) is 16.4. The molecule has 20 heavy (non-hydrogen) atoms. The van der Waals surface area contributed by atoms with Crippen LogP contribution in [0.2, 0.25) is 0 Å². The maximum absolute atomic E-state index is 11.9. The topological polar surface area (TPSA) is 38.7 Å². The predicted molar refractivity (Wildman–Crippen MR) is 83.8 cm³/mol. The van der Waals surface area contributed by atoms with Gasteiger partial charge in [-0.15, -0.1) is 11.3 Å². The van der Waals surface area contributed by atoms with Crippen LogP contribution in [0.15, 0.2) is 50.9 Å². The van der Waals surface area contributed by atoms with Crippen LogP contribution in [0.5, 0.6) is 0 Å². The quantitative estimate of drug-likeness (QED) is 0.604. The number of thiophene rings is 1. The first-order chi connectivity index (χ1) is 9.65. The largest absolute Gasteiger partial charge is 0.402 e. The number of carbonyl (C=O) groups excluding carboxylic acids is 1. The Bertz CT molecular complexity index is 746. The first-order valence-electron chi connectivity index (χ1n) is 5.97. The third-order valence-corrected chi connectivity index (χ3v) is 4.55. The molecule has 1 aromatic heterocycles. The minimum atomic E-state index is -0.413. The van der Waals surface area contributed by atoms with Gasteiger partial charge in [0.15, 0.2) is 5.70 Å². The number of carbonyl (C=O) groups is 1. The van der Waals surface area contributed by atoms with Gasteiger partial charge < -0.3 is 4.74 Å². The minimum Gasteiger partial charge on any atom is -0.402 e. The molecule has 0 bridgehead atoms. The van der Waals surface area contributed by atoms with E-state index >= 15 is 0 Å². The zero-order valence-electron chi connectivity index (χ0n) is 10.6. The number of benzene rings is 1. The lowest BCUT2D eigenvalue weighted by molar-refractivity contribution is -0.129. The van der Waals surface area contributed by atoms with Crippen molar-refractivity contribution in [3.8, 4) is 0 Å². The van der Waals surface area contributed by atoms with Crippen LogP contribution >= 0.6 is 27.3 Å². The molecule has 0 saturated heterocycles. The molecule has 0 aliphatic carbocycles. The molecular weight excluding hydrogens is 338 g/mol. The number of esters is 1. The molecule has 2 heterocycles. The van der Waals surface area contributed by atoms with Gasteiger partial charge in [0.2, 0.25) is 5.90 Å². The highest BCUT2D eigenvalue weighted by molar-refractivity contribution is 9.10. The molecule has 0 saturated carbocycles. The third-order valence-electron chi connectivity index (χ3n) is 2.89. The maximum atomic E-state index is 11.9. The van der Waals surface area contributed by atoms with E-state index in [1.807, 2.05) is 42.6 Å². The number of nitrogens with zero attached hydrogens (tertiary/aromatic N) is 1. The number of hydrogen-bond acceptors (Lipinski definition) is 4. The summed E-state index contributed by atoms with van der Waals surface area (Å²) in [6, 6.07) is 9.53. The van der Waals surface area contributed by atoms with Gasteiger partial charge >= 0.3 is 5.97 Å². The van der Waals surface area contributed by atoms with Gasteiger partial charge in [-0.3, -0.25) is 0 Å². The summed E-state index contributed by atoms with van der Waals surface area (Å²) < 4.78 is 6.09. The Labute approximate surface area is 128 Å². The van der Waals surface area contributed by atoms with Crippen molar-refractivity contribution in [1.82, 2.24) is 0 Å². The highest BCUT2D eigenvalue weighted by Crippen LogP contribution is 2.26. The minimum absolute atomic E-state index is 0.335. The van der Waals surface area contributed by atoms with E-state index in [1.165, 1.54) is 0 Å². The smallest absolute Gasteiger partial charge is 0.363 e. The molecule has 0 N–H and O–H groups in total. The van der Waals surface area contributed by atoms with Gasteiger partial charge in [0.1, 0.15) is 0 Å². The zero-order chi connectivity index (χ0) is 14.1. The lowest BCUT2D eigenvalue weighted by Gasteiger charge is -2.01. The monoisotopic (exact) mass is 347 g/mol. The van der Waals surface area contributed by atoms with Crippen molar-refractivity contribution >= 4 is 45.2 Å². The summed E-state index contributed by atoms with van der Waals surface area (Å²) in [5, 5.41) is 1.99. The van der Waals surface area contributed by atoms with Gasteiger partial charge in [-0.2, -0.15) is 0 Å². The van der Waals surface area contributed by atoms with E-state index in [0.29, 0.717) is 11.6 Å². The summed E-state index contributed by atoms with van der Waals surface area (Å²) in [4.78, 5) is 17.2. The van der Waals surface area contributed by atoms with Crippen molar-refractivity contribution in [2.24, 2.45) is 4.99 Å². The summed E-state index contributed by atoms with van der Waals surface area (Å²) in [6.45, 7) is 2.00. The molecule has 3 rings (SSSR count). The van der Waals surface area contributed by atoms with Gasteiger partial charge in [-0.25, -0.2) is 9.79 Å². The maximum Gasteiger partial charge on any atom is 0.363 e. The van der Waals surface area contributed by atoms with Gasteiger partial charge in [0, 0.05) is 9.35 Å². The predicted octanol–water partition coefficient (Wildman–Crippen LogP) is 4.16. The molecule has 0 unspecified atom stereocenters. The first-order valence-corrected chi connectivity index (χ1v) is 7.64. The van der Waals surface area contributed by atoms with Gasteiger partial charge in [0.25, 0.3) is 0 Å². The molecular formula is C15H10BrNO2S. The summed E-state index contributed by atoms with van der Waals surface area (Å²) >= 11 is 5.00. The second kappa shape index (κ2) is 5.34. The lowest BCUT2D eigenvalue weighted by atomic mass is 10.2. The Hall–Kier alpha value is -1.72. The van der Waals surface area contributed by atoms with Gasteiger partial charge in [-0.1, -0.05) is 12.1 Å². The highest BCUT2D eigenvalue weighted by atomic mass is 79.9. The molecule has 1 aliphatic heterocycles. The Morgan fingerprint density at radius 3 is 2.80 bits per heavy atom. The summed E-state index contributed by atoms with van der Waals surface area (Å²) in [5.74, 6) is -0.0773. The first kappa shape index (κ1) is 13.3. The van der Waals surface area contributed by atoms with E-state index < -0.39 is 5.97 Å². The average Bonchev–Trinajstić information content (AvgIpc) is 2.98. The molecule has 0 spiro atoms. The Morgan fingerprint density at radius 2 is 2.10 bits per heavy atom. The summed E-state index contributed by atoms with van der Waals surface area (Å²) in [7, 11) is 0. The number of aliphatic imine (C=N–C) groups is 1. The lowest BCUT2D eigenvalue weighted by Crippen LogP contribution is -2.05. The Kier molecular flexibility index (Phi) is 3.54. The van der Waals surface area contributed by atoms with Crippen LogP contribution in [-0.4, -0.2) is 11.9 Å². The second-order valence-electron chi connectivity index (χ2n) is 4.28. The molecule has 5 heteroatoms. The van der Waals surface area contributed by atoms with E-state index in [9.17, 15) is 4.79 Å². The van der Waals surface area contributed by atoms with Crippen LogP contribution in [0.25, 0.3) is 6.08 Å². The molecule has 3 nitrogen and oxygen atoms in total. The molecule has 0 fully saturated rings. The average molecular weight is 348 g/mol. The fourth-order valence-corrected chi connectivity index (χ4v) is 3.12. The highest BCUT2D eigenvalue weighted by Gasteiger charge is 2.25. The number of cyclic esters (lactones) is 1. The number of ether oxygens (including phenoxy) is 1. The molecule has 1 aromatic carbocycles. The van der Waals surface area contributed by atoms with Crippen LogP contribution in [0, 0.1) is 6.92 Å². The van der Waals surface area contributed by atoms with E-state index in [2.05, 4.69) is 20.9 Å². The van der Waals surface area contributed by atoms with E-state index in [4.69, 9.17) is 4.74 Å². The van der Waals surface area contributed by atoms with Crippen LogP contribution in [0.4, 0.5) is 0 Å². The molecule has 1 aliphatic rings. The molecule has 2 aromatic rings. The van der Waals surface area contributed by atoms with Crippen LogP contribution in [0.3, 0.4) is 0 Å². The van der Waals surface area contributed by atoms with Crippen molar-refractivity contribution in [2.75, 3.05) is 0 Å². The van der Waals surface area contributed by atoms with E-state index in [1.54, 1.807) is 17.4 Å². The number of rotatable bonds is 2. The van der Waals surface area contributed by atoms with Crippen LogP contribution in [0.1, 0.15) is 16.0 Å². The van der Waals surface area contributed by atoms with Crippen LogP contribution in [-0.2, 0) is 9.53 Å². The summed E-state index contributed by atoms with van der Waals surface area (Å²) in [6.07, 6.45) is 1.77. The fourth-order valence-electron chi connectivity index (χ4n) is 1.82. The third kappa shape index (κ3) is 2.46. The van der Waals surface area contributed by atoms with Crippen molar-refractivity contribution in [2.45, 2.75) is 6.92 Å². The number of aryl methyl sites for hydroxylation is 1. The Balaban J connectivity index is 2.00. The Morgan fingerprint density at radius 1 is 1.30 bits per heavy atom.